The van der Waals surface area contributed by atoms with Gasteiger partial charge in [0.1, 0.15) is 17.7 Å². The Morgan fingerprint density at radius 3 is 2.77 bits per heavy atom. The molecule has 0 radical (unpaired) electrons. The van der Waals surface area contributed by atoms with E-state index in [-0.39, 0.29) is 6.61 Å². The van der Waals surface area contributed by atoms with E-state index < -0.39 is 0 Å². The summed E-state index contributed by atoms with van der Waals surface area (Å²) in [7, 11) is 1.63. The molecule has 0 amide bonds. The monoisotopic (exact) mass is 477 g/mol. The molecular formula is C25H31N7O3. The van der Waals surface area contributed by atoms with E-state index >= 15 is 0 Å². The van der Waals surface area contributed by atoms with E-state index in [2.05, 4.69) is 33.6 Å². The summed E-state index contributed by atoms with van der Waals surface area (Å²) < 4.78 is 14.8. The van der Waals surface area contributed by atoms with Crippen molar-refractivity contribution in [3.8, 4) is 5.75 Å². The summed E-state index contributed by atoms with van der Waals surface area (Å²) in [5, 5.41) is 9.63. The van der Waals surface area contributed by atoms with Crippen LogP contribution in [0.4, 0.5) is 0 Å². The summed E-state index contributed by atoms with van der Waals surface area (Å²) in [6.07, 6.45) is 4.41. The first-order valence-electron chi connectivity index (χ1n) is 11.9. The molecule has 4 aromatic rings. The fourth-order valence-corrected chi connectivity index (χ4v) is 4.55. The number of rotatable bonds is 9. The summed E-state index contributed by atoms with van der Waals surface area (Å²) in [6, 6.07) is 7.62. The van der Waals surface area contributed by atoms with Crippen molar-refractivity contribution in [2.45, 2.75) is 33.4 Å². The van der Waals surface area contributed by atoms with Crippen LogP contribution in [0, 0.1) is 13.8 Å². The molecule has 0 N–H and O–H groups in total. The molecule has 0 atom stereocenters. The van der Waals surface area contributed by atoms with Crippen LogP contribution in [-0.4, -0.2) is 75.2 Å². The van der Waals surface area contributed by atoms with Crippen molar-refractivity contribution in [2.24, 2.45) is 5.16 Å². The first-order valence-corrected chi connectivity index (χ1v) is 11.9. The van der Waals surface area contributed by atoms with Gasteiger partial charge in [0.25, 0.3) is 0 Å². The van der Waals surface area contributed by atoms with E-state index in [0.717, 1.165) is 73.8 Å². The average molecular weight is 478 g/mol. The molecule has 0 spiro atoms. The lowest BCUT2D eigenvalue weighted by atomic mass is 10.2. The molecular weight excluding hydrogens is 446 g/mol. The van der Waals surface area contributed by atoms with Gasteiger partial charge in [-0.2, -0.15) is 0 Å². The highest BCUT2D eigenvalue weighted by molar-refractivity contribution is 5.93. The highest BCUT2D eigenvalue weighted by Gasteiger charge is 2.18. The van der Waals surface area contributed by atoms with Crippen molar-refractivity contribution in [1.82, 2.24) is 29.0 Å². The zero-order valence-corrected chi connectivity index (χ0v) is 20.5. The number of hydrogen-bond acceptors (Lipinski definition) is 8. The summed E-state index contributed by atoms with van der Waals surface area (Å²) in [6.45, 7) is 10.1. The fraction of sp³-hybridized carbons (Fsp3) is 0.440. The summed E-state index contributed by atoms with van der Waals surface area (Å²) in [5.74, 6) is 1.29. The Morgan fingerprint density at radius 2 is 1.94 bits per heavy atom. The van der Waals surface area contributed by atoms with Gasteiger partial charge in [-0.3, -0.25) is 4.90 Å². The maximum Gasteiger partial charge on any atom is 0.192 e. The van der Waals surface area contributed by atoms with Gasteiger partial charge in [-0.15, -0.1) is 5.10 Å². The molecule has 1 fully saturated rings. The average Bonchev–Trinajstić information content (AvgIpc) is 3.41. The minimum atomic E-state index is 0.160. The first kappa shape index (κ1) is 23.3. The summed E-state index contributed by atoms with van der Waals surface area (Å²) >= 11 is 0. The molecule has 4 heterocycles. The van der Waals surface area contributed by atoms with Crippen LogP contribution in [0.5, 0.6) is 5.75 Å². The lowest BCUT2D eigenvalue weighted by Crippen LogP contribution is -2.37. The number of aromatic nitrogens is 5. The van der Waals surface area contributed by atoms with E-state index in [1.807, 2.05) is 24.3 Å². The van der Waals surface area contributed by atoms with E-state index in [1.54, 1.807) is 24.2 Å². The minimum absolute atomic E-state index is 0.160. The van der Waals surface area contributed by atoms with Crippen LogP contribution < -0.4 is 4.74 Å². The standard InChI is InChI=1S/C25H31N7O3/c1-18-19(2)31(10-6-9-30-11-13-34-14-12-30)24-23(18)25-28-22(29-32(25)17-26-24)16-35-27-15-20-7-4-5-8-21(20)33-3/h4-5,7-8,15,17H,6,9-14,16H2,1-3H3/b27-15-. The van der Waals surface area contributed by atoms with Crippen molar-refractivity contribution in [1.29, 1.82) is 0 Å². The van der Waals surface area contributed by atoms with E-state index in [4.69, 9.17) is 24.3 Å². The molecule has 5 rings (SSSR count). The molecule has 0 saturated carbocycles. The Balaban J connectivity index is 1.31. The SMILES string of the molecule is COc1ccccc1/C=N\OCc1nc2c3c(C)c(C)n(CCCN4CCOCC4)c3ncn2n1. The number of ether oxygens (including phenoxy) is 2. The van der Waals surface area contributed by atoms with E-state index in [9.17, 15) is 0 Å². The number of para-hydroxylation sites is 1. The van der Waals surface area contributed by atoms with Gasteiger partial charge in [0, 0.05) is 37.4 Å². The second-order valence-corrected chi connectivity index (χ2v) is 8.66. The summed E-state index contributed by atoms with van der Waals surface area (Å²) in [4.78, 5) is 17.4. The Morgan fingerprint density at radius 1 is 1.11 bits per heavy atom. The number of aryl methyl sites for hydroxylation is 2. The number of benzene rings is 1. The van der Waals surface area contributed by atoms with Gasteiger partial charge in [0.05, 0.1) is 31.9 Å². The van der Waals surface area contributed by atoms with Crippen LogP contribution in [0.15, 0.2) is 35.7 Å². The second kappa shape index (κ2) is 10.4. The van der Waals surface area contributed by atoms with Crippen molar-refractivity contribution in [3.63, 3.8) is 0 Å². The number of oxime groups is 1. The third-order valence-electron chi connectivity index (χ3n) is 6.55. The number of morpholine rings is 1. The molecule has 3 aromatic heterocycles. The molecule has 1 aromatic carbocycles. The minimum Gasteiger partial charge on any atom is -0.496 e. The van der Waals surface area contributed by atoms with Gasteiger partial charge in [-0.25, -0.2) is 14.5 Å². The van der Waals surface area contributed by atoms with Crippen LogP contribution in [0.1, 0.15) is 29.1 Å². The largest absolute Gasteiger partial charge is 0.496 e. The highest BCUT2D eigenvalue weighted by Crippen LogP contribution is 2.27. The fourth-order valence-electron chi connectivity index (χ4n) is 4.55. The van der Waals surface area contributed by atoms with E-state index in [1.165, 1.54) is 11.3 Å². The maximum atomic E-state index is 5.47. The van der Waals surface area contributed by atoms with Crippen LogP contribution in [-0.2, 0) is 22.7 Å². The van der Waals surface area contributed by atoms with Gasteiger partial charge in [0.2, 0.25) is 0 Å². The number of nitrogens with zero attached hydrogens (tertiary/aromatic N) is 7. The normalized spacial score (nSPS) is 14.9. The van der Waals surface area contributed by atoms with Crippen molar-refractivity contribution in [3.05, 3.63) is 53.2 Å². The Bertz CT molecular complexity index is 1340. The lowest BCUT2D eigenvalue weighted by molar-refractivity contribution is 0.0369. The van der Waals surface area contributed by atoms with Crippen LogP contribution in [0.2, 0.25) is 0 Å². The quantitative estimate of drug-likeness (QED) is 0.270. The van der Waals surface area contributed by atoms with Gasteiger partial charge >= 0.3 is 0 Å². The topological polar surface area (TPSA) is 91.3 Å². The molecule has 35 heavy (non-hydrogen) atoms. The van der Waals surface area contributed by atoms with Crippen LogP contribution in [0.3, 0.4) is 0 Å². The number of methoxy groups -OCH3 is 1. The zero-order valence-electron chi connectivity index (χ0n) is 20.5. The lowest BCUT2D eigenvalue weighted by Gasteiger charge is -2.26. The molecule has 1 saturated heterocycles. The van der Waals surface area contributed by atoms with E-state index in [0.29, 0.717) is 5.82 Å². The number of fused-ring (bicyclic) bond motifs is 3. The van der Waals surface area contributed by atoms with Gasteiger partial charge in [-0.05, 0) is 38.0 Å². The summed E-state index contributed by atoms with van der Waals surface area (Å²) in [5.41, 5.74) is 4.96. The molecule has 0 bridgehead atoms. The predicted octanol–water partition coefficient (Wildman–Crippen LogP) is 2.98. The first-order chi connectivity index (χ1) is 17.2. The van der Waals surface area contributed by atoms with Crippen LogP contribution in [0.25, 0.3) is 16.7 Å². The smallest absolute Gasteiger partial charge is 0.192 e. The Kier molecular flexibility index (Phi) is 6.91. The molecule has 1 aliphatic rings. The maximum absolute atomic E-state index is 5.47. The molecule has 184 valence electrons. The van der Waals surface area contributed by atoms with Gasteiger partial charge in [-0.1, -0.05) is 17.3 Å². The third-order valence-corrected chi connectivity index (χ3v) is 6.55. The molecule has 0 unspecified atom stereocenters. The molecule has 0 aliphatic carbocycles. The van der Waals surface area contributed by atoms with Gasteiger partial charge < -0.3 is 18.9 Å². The van der Waals surface area contributed by atoms with Crippen molar-refractivity contribution < 1.29 is 14.3 Å². The molecule has 10 nitrogen and oxygen atoms in total. The third kappa shape index (κ3) is 4.85. The Hall–Kier alpha value is -3.50. The molecule has 1 aliphatic heterocycles. The molecule has 10 heteroatoms. The van der Waals surface area contributed by atoms with Crippen molar-refractivity contribution >= 4 is 22.9 Å². The van der Waals surface area contributed by atoms with Crippen LogP contribution >= 0.6 is 0 Å². The predicted molar refractivity (Wildman–Crippen MR) is 133 cm³/mol. The van der Waals surface area contributed by atoms with Crippen molar-refractivity contribution in [2.75, 3.05) is 40.0 Å². The number of hydrogen-bond donors (Lipinski definition) is 0. The highest BCUT2D eigenvalue weighted by atomic mass is 16.6. The van der Waals surface area contributed by atoms with Gasteiger partial charge in [0.15, 0.2) is 18.1 Å². The zero-order chi connectivity index (χ0) is 24.2. The Labute approximate surface area is 204 Å². The second-order valence-electron chi connectivity index (χ2n) is 8.66.